The van der Waals surface area contributed by atoms with Crippen molar-refractivity contribution >= 4 is 16.9 Å². The normalized spacial score (nSPS) is 15.5. The number of nitrogens with zero attached hydrogens (tertiary/aromatic N) is 3. The van der Waals surface area contributed by atoms with E-state index in [9.17, 15) is 9.18 Å². The Kier molecular flexibility index (Phi) is 4.45. The van der Waals surface area contributed by atoms with Gasteiger partial charge in [0.15, 0.2) is 0 Å². The summed E-state index contributed by atoms with van der Waals surface area (Å²) in [5.41, 5.74) is 3.85. The zero-order valence-electron chi connectivity index (χ0n) is 14.9. The number of carbonyl (C=O) groups excluding carboxylic acids is 1. The number of amides is 1. The summed E-state index contributed by atoms with van der Waals surface area (Å²) in [4.78, 5) is 18.9. The van der Waals surface area contributed by atoms with Crippen molar-refractivity contribution in [2.24, 2.45) is 0 Å². The number of likely N-dealkylation sites (tertiary alicyclic amines) is 1. The van der Waals surface area contributed by atoms with E-state index in [-0.39, 0.29) is 18.1 Å². The lowest BCUT2D eigenvalue weighted by Gasteiger charge is -2.33. The predicted octanol–water partition coefficient (Wildman–Crippen LogP) is 3.89. The molecule has 0 aliphatic carbocycles. The summed E-state index contributed by atoms with van der Waals surface area (Å²) in [7, 11) is 0. The minimum Gasteiger partial charge on any atom is -0.342 e. The monoisotopic (exact) mass is 351 g/mol. The largest absolute Gasteiger partial charge is 0.342 e. The molecule has 2 aromatic carbocycles. The van der Waals surface area contributed by atoms with E-state index in [1.165, 1.54) is 11.6 Å². The molecule has 3 aromatic rings. The first-order chi connectivity index (χ1) is 12.6. The van der Waals surface area contributed by atoms with E-state index >= 15 is 0 Å². The van der Waals surface area contributed by atoms with E-state index in [2.05, 4.69) is 28.6 Å². The molecule has 1 aromatic heterocycles. The maximum atomic E-state index is 13.8. The third-order valence-electron chi connectivity index (χ3n) is 5.24. The van der Waals surface area contributed by atoms with Gasteiger partial charge in [0.05, 0.1) is 23.8 Å². The summed E-state index contributed by atoms with van der Waals surface area (Å²) in [6.07, 6.45) is 3.82. The standard InChI is InChI=1S/C21H22FN3O/c1-15-6-7-19-20(12-15)25(14-23-19)17-8-10-24(11-9-17)21(26)13-16-4-2-3-5-18(16)22/h2-7,12,14,17H,8-11,13H2,1H3. The number of hydrogen-bond acceptors (Lipinski definition) is 2. The quantitative estimate of drug-likeness (QED) is 0.718. The second-order valence-corrected chi connectivity index (χ2v) is 7.02. The second kappa shape index (κ2) is 6.90. The smallest absolute Gasteiger partial charge is 0.227 e. The Morgan fingerprint density at radius 1 is 1.19 bits per heavy atom. The van der Waals surface area contributed by atoms with Crippen molar-refractivity contribution < 1.29 is 9.18 Å². The van der Waals surface area contributed by atoms with Gasteiger partial charge in [-0.1, -0.05) is 24.3 Å². The van der Waals surface area contributed by atoms with Crippen LogP contribution in [0.1, 0.15) is 30.0 Å². The van der Waals surface area contributed by atoms with Crippen LogP contribution in [0.4, 0.5) is 4.39 Å². The molecule has 4 rings (SSSR count). The van der Waals surface area contributed by atoms with Gasteiger partial charge in [0.2, 0.25) is 5.91 Å². The minimum atomic E-state index is -0.309. The molecule has 0 spiro atoms. The third kappa shape index (κ3) is 3.21. The zero-order valence-corrected chi connectivity index (χ0v) is 14.9. The molecule has 1 saturated heterocycles. The molecule has 0 saturated carbocycles. The summed E-state index contributed by atoms with van der Waals surface area (Å²) in [5, 5.41) is 0. The maximum absolute atomic E-state index is 13.8. The highest BCUT2D eigenvalue weighted by molar-refractivity contribution is 5.79. The first kappa shape index (κ1) is 16.8. The Morgan fingerprint density at radius 3 is 2.73 bits per heavy atom. The lowest BCUT2D eigenvalue weighted by molar-refractivity contribution is -0.131. The molecule has 0 bridgehead atoms. The van der Waals surface area contributed by atoms with Gasteiger partial charge in [-0.15, -0.1) is 0 Å². The summed E-state index contributed by atoms with van der Waals surface area (Å²) < 4.78 is 16.0. The van der Waals surface area contributed by atoms with Crippen molar-refractivity contribution in [1.29, 1.82) is 0 Å². The van der Waals surface area contributed by atoms with E-state index in [1.807, 2.05) is 17.3 Å². The minimum absolute atomic E-state index is 0.000108. The molecular weight excluding hydrogens is 329 g/mol. The average Bonchev–Trinajstić information content (AvgIpc) is 3.06. The number of halogens is 1. The second-order valence-electron chi connectivity index (χ2n) is 7.02. The van der Waals surface area contributed by atoms with Crippen LogP contribution in [0.3, 0.4) is 0 Å². The molecule has 1 amide bonds. The van der Waals surface area contributed by atoms with E-state index in [0.29, 0.717) is 24.7 Å². The molecule has 0 atom stereocenters. The Morgan fingerprint density at radius 2 is 1.96 bits per heavy atom. The molecule has 4 nitrogen and oxygen atoms in total. The van der Waals surface area contributed by atoms with Gasteiger partial charge in [0.25, 0.3) is 0 Å². The molecule has 134 valence electrons. The lowest BCUT2D eigenvalue weighted by atomic mass is 10.0. The van der Waals surface area contributed by atoms with Crippen LogP contribution in [-0.4, -0.2) is 33.4 Å². The van der Waals surface area contributed by atoms with Gasteiger partial charge in [-0.2, -0.15) is 0 Å². The predicted molar refractivity (Wildman–Crippen MR) is 99.4 cm³/mol. The molecule has 2 heterocycles. The van der Waals surface area contributed by atoms with Gasteiger partial charge in [-0.25, -0.2) is 9.37 Å². The Labute approximate surface area is 152 Å². The van der Waals surface area contributed by atoms with Crippen molar-refractivity contribution in [1.82, 2.24) is 14.5 Å². The SMILES string of the molecule is Cc1ccc2ncn(C3CCN(C(=O)Cc4ccccc4F)CC3)c2c1. The molecule has 0 radical (unpaired) electrons. The number of fused-ring (bicyclic) bond motifs is 1. The fourth-order valence-corrected chi connectivity index (χ4v) is 3.74. The maximum Gasteiger partial charge on any atom is 0.227 e. The van der Waals surface area contributed by atoms with Gasteiger partial charge in [0, 0.05) is 19.1 Å². The number of rotatable bonds is 3. The number of piperidine rings is 1. The van der Waals surface area contributed by atoms with Crippen molar-refractivity contribution in [3.8, 4) is 0 Å². The van der Waals surface area contributed by atoms with Crippen molar-refractivity contribution in [2.75, 3.05) is 13.1 Å². The Hall–Kier alpha value is -2.69. The molecular formula is C21H22FN3O. The first-order valence-electron chi connectivity index (χ1n) is 9.06. The van der Waals surface area contributed by atoms with Crippen LogP contribution in [-0.2, 0) is 11.2 Å². The topological polar surface area (TPSA) is 38.1 Å². The molecule has 5 heteroatoms. The van der Waals surface area contributed by atoms with Crippen LogP contribution in [0.2, 0.25) is 0 Å². The average molecular weight is 351 g/mol. The zero-order chi connectivity index (χ0) is 18.1. The van der Waals surface area contributed by atoms with Crippen LogP contribution < -0.4 is 0 Å². The van der Waals surface area contributed by atoms with Crippen LogP contribution in [0, 0.1) is 12.7 Å². The number of aryl methyl sites for hydroxylation is 1. The summed E-state index contributed by atoms with van der Waals surface area (Å²) >= 11 is 0. The lowest BCUT2D eigenvalue weighted by Crippen LogP contribution is -2.39. The van der Waals surface area contributed by atoms with Gasteiger partial charge in [-0.05, 0) is 49.1 Å². The fraction of sp³-hybridized carbons (Fsp3) is 0.333. The van der Waals surface area contributed by atoms with E-state index < -0.39 is 0 Å². The summed E-state index contributed by atoms with van der Waals surface area (Å²) in [6.45, 7) is 3.48. The highest BCUT2D eigenvalue weighted by atomic mass is 19.1. The van der Waals surface area contributed by atoms with Crippen molar-refractivity contribution in [3.05, 3.63) is 65.7 Å². The van der Waals surface area contributed by atoms with Crippen LogP contribution in [0.15, 0.2) is 48.8 Å². The number of aromatic nitrogens is 2. The summed E-state index contributed by atoms with van der Waals surface area (Å²) in [6, 6.07) is 13.1. The van der Waals surface area contributed by atoms with Gasteiger partial charge >= 0.3 is 0 Å². The number of benzene rings is 2. The van der Waals surface area contributed by atoms with Crippen LogP contribution in [0.5, 0.6) is 0 Å². The molecule has 0 N–H and O–H groups in total. The van der Waals surface area contributed by atoms with Gasteiger partial charge < -0.3 is 9.47 Å². The number of imidazole rings is 1. The number of carbonyl (C=O) groups is 1. The van der Waals surface area contributed by atoms with Crippen molar-refractivity contribution in [2.45, 2.75) is 32.2 Å². The van der Waals surface area contributed by atoms with Gasteiger partial charge in [-0.3, -0.25) is 4.79 Å². The van der Waals surface area contributed by atoms with E-state index in [4.69, 9.17) is 0 Å². The molecule has 0 unspecified atom stereocenters. The van der Waals surface area contributed by atoms with E-state index in [0.717, 1.165) is 23.9 Å². The first-order valence-corrected chi connectivity index (χ1v) is 9.06. The Balaban J connectivity index is 1.43. The molecule has 1 aliphatic rings. The van der Waals surface area contributed by atoms with Crippen LogP contribution >= 0.6 is 0 Å². The Bertz CT molecular complexity index is 941. The number of hydrogen-bond donors (Lipinski definition) is 0. The molecule has 26 heavy (non-hydrogen) atoms. The van der Waals surface area contributed by atoms with Crippen molar-refractivity contribution in [3.63, 3.8) is 0 Å². The fourth-order valence-electron chi connectivity index (χ4n) is 3.74. The summed E-state index contributed by atoms with van der Waals surface area (Å²) in [5.74, 6) is -0.309. The van der Waals surface area contributed by atoms with Gasteiger partial charge in [0.1, 0.15) is 5.82 Å². The molecule has 1 aliphatic heterocycles. The highest BCUT2D eigenvalue weighted by Crippen LogP contribution is 2.27. The van der Waals surface area contributed by atoms with Crippen LogP contribution in [0.25, 0.3) is 11.0 Å². The van der Waals surface area contributed by atoms with E-state index in [1.54, 1.807) is 18.2 Å². The highest BCUT2D eigenvalue weighted by Gasteiger charge is 2.25. The third-order valence-corrected chi connectivity index (χ3v) is 5.24. The molecule has 1 fully saturated rings.